The van der Waals surface area contributed by atoms with Crippen LogP contribution in [0.1, 0.15) is 5.69 Å². The van der Waals surface area contributed by atoms with Crippen LogP contribution in [-0.4, -0.2) is 26.4 Å². The molecule has 6 heteroatoms. The van der Waals surface area contributed by atoms with Crippen LogP contribution in [0.3, 0.4) is 0 Å². The SMILES string of the molecule is CSc1cccc(-n2nnc(CO)c2-c2ccc(Cl)cc2)c1. The quantitative estimate of drug-likeness (QED) is 0.739. The zero-order chi connectivity index (χ0) is 15.5. The Kier molecular flexibility index (Phi) is 4.47. The van der Waals surface area contributed by atoms with Crippen LogP contribution in [-0.2, 0) is 6.61 Å². The van der Waals surface area contributed by atoms with Gasteiger partial charge in [0.25, 0.3) is 0 Å². The zero-order valence-electron chi connectivity index (χ0n) is 11.9. The lowest BCUT2D eigenvalue weighted by Crippen LogP contribution is -2.00. The molecule has 0 radical (unpaired) electrons. The molecule has 22 heavy (non-hydrogen) atoms. The van der Waals surface area contributed by atoms with E-state index in [-0.39, 0.29) is 6.61 Å². The number of hydrogen-bond acceptors (Lipinski definition) is 4. The molecule has 2 aromatic carbocycles. The van der Waals surface area contributed by atoms with Crippen LogP contribution in [0.15, 0.2) is 53.4 Å². The number of thioether (sulfide) groups is 1. The topological polar surface area (TPSA) is 50.9 Å². The maximum Gasteiger partial charge on any atom is 0.117 e. The van der Waals surface area contributed by atoms with Crippen LogP contribution in [0.4, 0.5) is 0 Å². The maximum absolute atomic E-state index is 9.55. The number of benzene rings is 2. The first-order valence-corrected chi connectivity index (χ1v) is 8.29. The lowest BCUT2D eigenvalue weighted by atomic mass is 10.1. The van der Waals surface area contributed by atoms with E-state index >= 15 is 0 Å². The van der Waals surface area contributed by atoms with E-state index < -0.39 is 0 Å². The van der Waals surface area contributed by atoms with E-state index in [1.807, 2.05) is 54.8 Å². The molecule has 0 spiro atoms. The molecule has 3 aromatic rings. The third-order valence-electron chi connectivity index (χ3n) is 3.31. The molecule has 1 aromatic heterocycles. The second-order valence-electron chi connectivity index (χ2n) is 4.66. The molecule has 3 rings (SSSR count). The van der Waals surface area contributed by atoms with Crippen molar-refractivity contribution in [2.45, 2.75) is 11.5 Å². The summed E-state index contributed by atoms with van der Waals surface area (Å²) in [5.74, 6) is 0. The summed E-state index contributed by atoms with van der Waals surface area (Å²) in [4.78, 5) is 1.14. The second kappa shape index (κ2) is 6.52. The van der Waals surface area contributed by atoms with Crippen LogP contribution < -0.4 is 0 Å². The summed E-state index contributed by atoms with van der Waals surface area (Å²) in [7, 11) is 0. The Morgan fingerprint density at radius 2 is 1.95 bits per heavy atom. The molecule has 0 fully saturated rings. The van der Waals surface area contributed by atoms with Gasteiger partial charge >= 0.3 is 0 Å². The predicted octanol–water partition coefficient (Wildman–Crippen LogP) is 3.80. The molecule has 0 bridgehead atoms. The largest absolute Gasteiger partial charge is 0.390 e. The van der Waals surface area contributed by atoms with Gasteiger partial charge in [-0.3, -0.25) is 0 Å². The number of nitrogens with zero attached hydrogens (tertiary/aromatic N) is 3. The van der Waals surface area contributed by atoms with Gasteiger partial charge in [0.05, 0.1) is 12.3 Å². The molecule has 0 amide bonds. The highest BCUT2D eigenvalue weighted by Crippen LogP contribution is 2.28. The summed E-state index contributed by atoms with van der Waals surface area (Å²) in [5, 5.41) is 18.5. The van der Waals surface area contributed by atoms with E-state index in [1.54, 1.807) is 16.4 Å². The normalized spacial score (nSPS) is 10.9. The summed E-state index contributed by atoms with van der Waals surface area (Å²) in [6.45, 7) is -0.166. The van der Waals surface area contributed by atoms with Crippen molar-refractivity contribution in [3.8, 4) is 16.9 Å². The molecule has 0 aliphatic rings. The summed E-state index contributed by atoms with van der Waals surface area (Å²) in [5.41, 5.74) is 3.13. The van der Waals surface area contributed by atoms with Gasteiger partial charge in [0.1, 0.15) is 11.4 Å². The first-order valence-electron chi connectivity index (χ1n) is 6.68. The Balaban J connectivity index is 2.16. The van der Waals surface area contributed by atoms with Gasteiger partial charge in [0.15, 0.2) is 0 Å². The Morgan fingerprint density at radius 1 is 1.18 bits per heavy atom. The van der Waals surface area contributed by atoms with Crippen molar-refractivity contribution >= 4 is 23.4 Å². The average molecular weight is 332 g/mol. The molecule has 1 heterocycles. The molecular formula is C16H14ClN3OS. The summed E-state index contributed by atoms with van der Waals surface area (Å²) >= 11 is 7.62. The Bertz CT molecular complexity index is 786. The van der Waals surface area contributed by atoms with Gasteiger partial charge in [-0.05, 0) is 36.6 Å². The van der Waals surface area contributed by atoms with Crippen LogP contribution in [0.2, 0.25) is 5.02 Å². The molecule has 112 valence electrons. The van der Waals surface area contributed by atoms with E-state index in [0.29, 0.717) is 10.7 Å². The van der Waals surface area contributed by atoms with Gasteiger partial charge in [-0.1, -0.05) is 35.0 Å². The average Bonchev–Trinajstić information content (AvgIpc) is 2.99. The molecule has 0 atom stereocenters. The minimum Gasteiger partial charge on any atom is -0.390 e. The van der Waals surface area contributed by atoms with Crippen LogP contribution in [0.25, 0.3) is 16.9 Å². The Labute approximate surface area is 137 Å². The molecule has 0 aliphatic carbocycles. The van der Waals surface area contributed by atoms with Crippen molar-refractivity contribution in [1.82, 2.24) is 15.0 Å². The summed E-state index contributed by atoms with van der Waals surface area (Å²) in [6, 6.07) is 15.5. The molecule has 1 N–H and O–H groups in total. The molecule has 4 nitrogen and oxygen atoms in total. The van der Waals surface area contributed by atoms with Crippen LogP contribution >= 0.6 is 23.4 Å². The highest BCUT2D eigenvalue weighted by Gasteiger charge is 2.15. The first kappa shape index (κ1) is 15.1. The molecular weight excluding hydrogens is 318 g/mol. The van der Waals surface area contributed by atoms with Crippen molar-refractivity contribution < 1.29 is 5.11 Å². The highest BCUT2D eigenvalue weighted by molar-refractivity contribution is 7.98. The Hall–Kier alpha value is -1.82. The minimum absolute atomic E-state index is 0.166. The van der Waals surface area contributed by atoms with Crippen molar-refractivity contribution in [1.29, 1.82) is 0 Å². The van der Waals surface area contributed by atoms with Gasteiger partial charge in [-0.25, -0.2) is 4.68 Å². The number of halogens is 1. The van der Waals surface area contributed by atoms with E-state index in [4.69, 9.17) is 11.6 Å². The van der Waals surface area contributed by atoms with Gasteiger partial charge in [-0.15, -0.1) is 16.9 Å². The Morgan fingerprint density at radius 3 is 2.64 bits per heavy atom. The number of aliphatic hydroxyl groups excluding tert-OH is 1. The van der Waals surface area contributed by atoms with Crippen LogP contribution in [0, 0.1) is 0 Å². The summed E-state index contributed by atoms with van der Waals surface area (Å²) < 4.78 is 1.74. The lowest BCUT2D eigenvalue weighted by molar-refractivity contribution is 0.277. The zero-order valence-corrected chi connectivity index (χ0v) is 13.5. The standard InChI is InChI=1S/C16H14ClN3OS/c1-22-14-4-2-3-13(9-14)20-16(15(10-21)18-19-20)11-5-7-12(17)8-6-11/h2-9,21H,10H2,1H3. The number of aromatic nitrogens is 3. The third kappa shape index (κ3) is 2.88. The second-order valence-corrected chi connectivity index (χ2v) is 5.98. The van der Waals surface area contributed by atoms with E-state index in [9.17, 15) is 5.11 Å². The molecule has 0 saturated carbocycles. The summed E-state index contributed by atoms with van der Waals surface area (Å²) in [6.07, 6.45) is 2.03. The van der Waals surface area contributed by atoms with Gasteiger partial charge < -0.3 is 5.11 Å². The fraction of sp³-hybridized carbons (Fsp3) is 0.125. The van der Waals surface area contributed by atoms with Crippen LogP contribution in [0.5, 0.6) is 0 Å². The third-order valence-corrected chi connectivity index (χ3v) is 4.28. The maximum atomic E-state index is 9.55. The van der Waals surface area contributed by atoms with E-state index in [1.165, 1.54) is 0 Å². The number of aliphatic hydroxyl groups is 1. The van der Waals surface area contributed by atoms with E-state index in [2.05, 4.69) is 10.3 Å². The van der Waals surface area contributed by atoms with Crippen molar-refractivity contribution in [2.75, 3.05) is 6.26 Å². The van der Waals surface area contributed by atoms with Crippen molar-refractivity contribution in [3.63, 3.8) is 0 Å². The lowest BCUT2D eigenvalue weighted by Gasteiger charge is -2.09. The van der Waals surface area contributed by atoms with Gasteiger partial charge in [0.2, 0.25) is 0 Å². The van der Waals surface area contributed by atoms with Crippen molar-refractivity contribution in [3.05, 3.63) is 59.2 Å². The van der Waals surface area contributed by atoms with Crippen molar-refractivity contribution in [2.24, 2.45) is 0 Å². The molecule has 0 aliphatic heterocycles. The van der Waals surface area contributed by atoms with Gasteiger partial charge in [-0.2, -0.15) is 0 Å². The smallest absolute Gasteiger partial charge is 0.117 e. The predicted molar refractivity (Wildman–Crippen MR) is 89.5 cm³/mol. The van der Waals surface area contributed by atoms with Gasteiger partial charge in [0, 0.05) is 15.5 Å². The monoisotopic (exact) mass is 331 g/mol. The highest BCUT2D eigenvalue weighted by atomic mass is 35.5. The molecule has 0 unspecified atom stereocenters. The fourth-order valence-electron chi connectivity index (χ4n) is 2.24. The number of hydrogen-bond donors (Lipinski definition) is 1. The number of rotatable bonds is 4. The fourth-order valence-corrected chi connectivity index (χ4v) is 2.82. The first-order chi connectivity index (χ1) is 10.7. The van der Waals surface area contributed by atoms with E-state index in [0.717, 1.165) is 21.8 Å². The minimum atomic E-state index is -0.166. The molecule has 0 saturated heterocycles.